The second kappa shape index (κ2) is 8.25. The predicted molar refractivity (Wildman–Crippen MR) is 71.3 cm³/mol. The molecule has 5 heteroatoms. The fourth-order valence-electron chi connectivity index (χ4n) is 1.23. The summed E-state index contributed by atoms with van der Waals surface area (Å²) in [4.78, 5) is 20.3. The van der Waals surface area contributed by atoms with E-state index in [4.69, 9.17) is 16.6 Å². The summed E-state index contributed by atoms with van der Waals surface area (Å²) in [5.74, 6) is -0.556. The molecule has 0 aliphatic heterocycles. The van der Waals surface area contributed by atoms with E-state index in [1.165, 1.54) is 0 Å². The zero-order valence-electron chi connectivity index (χ0n) is 10.7. The number of carboxylic acids is 1. The van der Waals surface area contributed by atoms with Crippen molar-refractivity contribution in [3.05, 3.63) is 29.8 Å². The molecule has 0 radical (unpaired) electrons. The molecule has 0 unspecified atom stereocenters. The molecule has 1 rings (SSSR count). The Morgan fingerprint density at radius 2 is 1.94 bits per heavy atom. The first-order valence-corrected chi connectivity index (χ1v) is 5.66. The molecule has 0 aromatic heterocycles. The van der Waals surface area contributed by atoms with Gasteiger partial charge in [0.2, 0.25) is 0 Å². The normalized spacial score (nSPS) is 11.3. The molecular formula is C13H20N2O3. The standard InChI is InChI=1S/C7H7NO.C6H13NO2/c8-7-4-2-1-3-6(7)5-9;1-4(2)3-5(7)6(8)9/h1-5H,8H2;4-5H,3,7H2,1-2H3,(H,8,9)/t;5-/m.0/s1. The Kier molecular flexibility index (Phi) is 7.38. The van der Waals surface area contributed by atoms with E-state index in [2.05, 4.69) is 0 Å². The van der Waals surface area contributed by atoms with Gasteiger partial charge in [0.05, 0.1) is 0 Å². The highest BCUT2D eigenvalue weighted by Gasteiger charge is 2.11. The molecule has 0 saturated heterocycles. The van der Waals surface area contributed by atoms with Crippen molar-refractivity contribution in [1.29, 1.82) is 0 Å². The number of anilines is 1. The lowest BCUT2D eigenvalue weighted by Gasteiger charge is -2.07. The SMILES string of the molecule is CC(C)C[C@H](N)C(=O)O.Nc1ccccc1C=O. The van der Waals surface area contributed by atoms with Crippen LogP contribution in [-0.4, -0.2) is 23.4 Å². The van der Waals surface area contributed by atoms with Crippen molar-refractivity contribution in [3.63, 3.8) is 0 Å². The molecule has 0 amide bonds. The quantitative estimate of drug-likeness (QED) is 0.556. The summed E-state index contributed by atoms with van der Waals surface area (Å²) >= 11 is 0. The van der Waals surface area contributed by atoms with Gasteiger partial charge in [-0.05, 0) is 24.5 Å². The Bertz CT molecular complexity index is 392. The summed E-state index contributed by atoms with van der Waals surface area (Å²) in [6, 6.07) is 6.26. The zero-order chi connectivity index (χ0) is 14.1. The lowest BCUT2D eigenvalue weighted by molar-refractivity contribution is -0.138. The average Bonchev–Trinajstić information content (AvgIpc) is 2.29. The highest BCUT2D eigenvalue weighted by atomic mass is 16.4. The Balaban J connectivity index is 0.000000321. The second-order valence-electron chi connectivity index (χ2n) is 4.32. The van der Waals surface area contributed by atoms with Crippen LogP contribution in [0, 0.1) is 5.92 Å². The van der Waals surface area contributed by atoms with Crippen LogP contribution in [0.25, 0.3) is 0 Å². The van der Waals surface area contributed by atoms with Gasteiger partial charge in [-0.1, -0.05) is 26.0 Å². The van der Waals surface area contributed by atoms with Gasteiger partial charge in [-0.2, -0.15) is 0 Å². The minimum absolute atomic E-state index is 0.357. The monoisotopic (exact) mass is 252 g/mol. The lowest BCUT2D eigenvalue weighted by atomic mass is 10.1. The fourth-order valence-corrected chi connectivity index (χ4v) is 1.23. The Labute approximate surface area is 107 Å². The summed E-state index contributed by atoms with van der Waals surface area (Å²) in [5.41, 5.74) is 11.7. The van der Waals surface area contributed by atoms with Gasteiger partial charge in [0.25, 0.3) is 0 Å². The summed E-state index contributed by atoms with van der Waals surface area (Å²) in [5, 5.41) is 8.31. The van der Waals surface area contributed by atoms with Gasteiger partial charge in [0, 0.05) is 11.3 Å². The molecule has 18 heavy (non-hydrogen) atoms. The van der Waals surface area contributed by atoms with E-state index in [1.807, 2.05) is 13.8 Å². The first kappa shape index (κ1) is 16.1. The van der Waals surface area contributed by atoms with Crippen molar-refractivity contribution >= 4 is 17.9 Å². The van der Waals surface area contributed by atoms with Gasteiger partial charge in [-0.25, -0.2) is 0 Å². The Hall–Kier alpha value is -1.88. The molecular weight excluding hydrogens is 232 g/mol. The lowest BCUT2D eigenvalue weighted by Crippen LogP contribution is -2.31. The Morgan fingerprint density at radius 3 is 2.22 bits per heavy atom. The first-order valence-electron chi connectivity index (χ1n) is 5.66. The highest BCUT2D eigenvalue weighted by molar-refractivity contribution is 5.82. The molecule has 1 atom stereocenters. The number of aldehydes is 1. The van der Waals surface area contributed by atoms with Crippen LogP contribution in [-0.2, 0) is 4.79 Å². The van der Waals surface area contributed by atoms with E-state index in [-0.39, 0.29) is 0 Å². The number of carbonyl (C=O) groups excluding carboxylic acids is 1. The smallest absolute Gasteiger partial charge is 0.320 e. The van der Waals surface area contributed by atoms with Gasteiger partial charge in [0.1, 0.15) is 6.04 Å². The molecule has 0 aliphatic rings. The Morgan fingerprint density at radius 1 is 1.39 bits per heavy atom. The summed E-state index contributed by atoms with van der Waals surface area (Å²) in [6.45, 7) is 3.89. The van der Waals surface area contributed by atoms with Gasteiger partial charge in [0.15, 0.2) is 6.29 Å². The first-order chi connectivity index (χ1) is 8.38. The van der Waals surface area contributed by atoms with Crippen molar-refractivity contribution in [3.8, 4) is 0 Å². The number of nitrogens with two attached hydrogens (primary N) is 2. The molecule has 100 valence electrons. The van der Waals surface area contributed by atoms with Gasteiger partial charge in [-0.3, -0.25) is 9.59 Å². The van der Waals surface area contributed by atoms with Crippen molar-refractivity contribution in [1.82, 2.24) is 0 Å². The van der Waals surface area contributed by atoms with Crippen LogP contribution in [0.1, 0.15) is 30.6 Å². The molecule has 0 heterocycles. The third kappa shape index (κ3) is 6.65. The number of para-hydroxylation sites is 1. The summed E-state index contributed by atoms with van der Waals surface area (Å²) < 4.78 is 0. The fraction of sp³-hybridized carbons (Fsp3) is 0.385. The van der Waals surface area contributed by atoms with Crippen LogP contribution < -0.4 is 11.5 Å². The van der Waals surface area contributed by atoms with Crippen molar-refractivity contribution < 1.29 is 14.7 Å². The topological polar surface area (TPSA) is 106 Å². The summed E-state index contributed by atoms with van der Waals surface area (Å²) in [6.07, 6.45) is 1.30. The minimum atomic E-state index is -0.913. The molecule has 5 nitrogen and oxygen atoms in total. The maximum atomic E-state index is 10.1. The number of rotatable bonds is 4. The van der Waals surface area contributed by atoms with Crippen molar-refractivity contribution in [2.24, 2.45) is 11.7 Å². The van der Waals surface area contributed by atoms with E-state index in [9.17, 15) is 9.59 Å². The number of hydrogen-bond acceptors (Lipinski definition) is 4. The van der Waals surface area contributed by atoms with Crippen LogP contribution in [0.3, 0.4) is 0 Å². The minimum Gasteiger partial charge on any atom is -0.480 e. The van der Waals surface area contributed by atoms with Crippen molar-refractivity contribution in [2.75, 3.05) is 5.73 Å². The molecule has 0 fully saturated rings. The number of hydrogen-bond donors (Lipinski definition) is 3. The maximum absolute atomic E-state index is 10.1. The molecule has 0 saturated carbocycles. The molecule has 1 aromatic rings. The number of benzene rings is 1. The second-order valence-corrected chi connectivity index (χ2v) is 4.32. The molecule has 0 bridgehead atoms. The third-order valence-electron chi connectivity index (χ3n) is 2.17. The molecule has 5 N–H and O–H groups in total. The van der Waals surface area contributed by atoms with Gasteiger partial charge >= 0.3 is 5.97 Å². The van der Waals surface area contributed by atoms with E-state index in [1.54, 1.807) is 24.3 Å². The molecule has 0 aliphatic carbocycles. The van der Waals surface area contributed by atoms with Gasteiger partial charge < -0.3 is 16.6 Å². The summed E-state index contributed by atoms with van der Waals surface area (Å²) in [7, 11) is 0. The van der Waals surface area contributed by atoms with E-state index in [0.717, 1.165) is 6.29 Å². The molecule has 0 spiro atoms. The third-order valence-corrected chi connectivity index (χ3v) is 2.17. The number of carbonyl (C=O) groups is 2. The average molecular weight is 252 g/mol. The van der Waals surface area contributed by atoms with Crippen LogP contribution in [0.2, 0.25) is 0 Å². The van der Waals surface area contributed by atoms with Crippen LogP contribution in [0.4, 0.5) is 5.69 Å². The van der Waals surface area contributed by atoms with E-state index >= 15 is 0 Å². The van der Waals surface area contributed by atoms with Gasteiger partial charge in [-0.15, -0.1) is 0 Å². The van der Waals surface area contributed by atoms with Crippen molar-refractivity contribution in [2.45, 2.75) is 26.3 Å². The van der Waals surface area contributed by atoms with Crippen LogP contribution in [0.15, 0.2) is 24.3 Å². The maximum Gasteiger partial charge on any atom is 0.320 e. The number of aliphatic carboxylic acids is 1. The van der Waals surface area contributed by atoms with Crippen LogP contribution in [0.5, 0.6) is 0 Å². The largest absolute Gasteiger partial charge is 0.480 e. The van der Waals surface area contributed by atoms with Crippen LogP contribution >= 0.6 is 0 Å². The highest BCUT2D eigenvalue weighted by Crippen LogP contribution is 2.05. The van der Waals surface area contributed by atoms with E-state index < -0.39 is 12.0 Å². The molecule has 1 aromatic carbocycles. The zero-order valence-corrected chi connectivity index (χ0v) is 10.7. The van der Waals surface area contributed by atoms with E-state index in [0.29, 0.717) is 23.6 Å². The predicted octanol–water partition coefficient (Wildman–Crippen LogP) is 1.53. The number of carboxylic acid groups (broad SMARTS) is 1. The number of nitrogen functional groups attached to an aromatic ring is 1.